The van der Waals surface area contributed by atoms with Crippen LogP contribution in [-0.2, 0) is 0 Å². The number of benzene rings is 2. The molecule has 2 N–H and O–H groups in total. The molecule has 2 aromatic carbocycles. The molecule has 1 unspecified atom stereocenters. The molecule has 2 aromatic rings. The summed E-state index contributed by atoms with van der Waals surface area (Å²) in [5.41, 5.74) is 3.89. The number of carbonyl (C=O) groups is 1. The molecular formula is C18H14ClN3O. The minimum absolute atomic E-state index is 0.308. The number of nitrogens with zero attached hydrogens (tertiary/aromatic N) is 1. The third-order valence-electron chi connectivity index (χ3n) is 3.82. The van der Waals surface area contributed by atoms with Crippen LogP contribution in [0.5, 0.6) is 0 Å². The molecule has 0 saturated carbocycles. The van der Waals surface area contributed by atoms with E-state index in [1.807, 2.05) is 48.5 Å². The summed E-state index contributed by atoms with van der Waals surface area (Å²) in [4.78, 5) is 11.8. The maximum Gasteiger partial charge on any atom is 0.319 e. The summed E-state index contributed by atoms with van der Waals surface area (Å²) >= 11 is 5.96. The minimum atomic E-state index is -0.472. The van der Waals surface area contributed by atoms with Gasteiger partial charge in [-0.05, 0) is 35.7 Å². The lowest BCUT2D eigenvalue weighted by molar-refractivity contribution is 0.239. The van der Waals surface area contributed by atoms with Gasteiger partial charge in [-0.1, -0.05) is 48.0 Å². The first-order valence-electron chi connectivity index (χ1n) is 7.13. The van der Waals surface area contributed by atoms with E-state index in [0.717, 1.165) is 16.7 Å². The van der Waals surface area contributed by atoms with E-state index in [1.165, 1.54) is 0 Å². The Morgan fingerprint density at radius 2 is 1.83 bits per heavy atom. The first kappa shape index (κ1) is 15.1. The van der Waals surface area contributed by atoms with Crippen molar-refractivity contribution in [2.24, 2.45) is 0 Å². The van der Waals surface area contributed by atoms with Crippen molar-refractivity contribution >= 4 is 17.6 Å². The zero-order valence-corrected chi connectivity index (χ0v) is 13.2. The van der Waals surface area contributed by atoms with Crippen molar-refractivity contribution in [1.29, 1.82) is 5.26 Å². The minimum Gasteiger partial charge on any atom is -0.326 e. The molecule has 0 aromatic heterocycles. The van der Waals surface area contributed by atoms with Crippen LogP contribution in [0.2, 0.25) is 5.02 Å². The summed E-state index contributed by atoms with van der Waals surface area (Å²) in [7, 11) is 0. The monoisotopic (exact) mass is 323 g/mol. The average Bonchev–Trinajstić information content (AvgIpc) is 2.55. The fraction of sp³-hybridized carbons (Fsp3) is 0.111. The number of amides is 2. The van der Waals surface area contributed by atoms with Crippen LogP contribution in [0, 0.1) is 11.3 Å². The van der Waals surface area contributed by atoms with E-state index in [2.05, 4.69) is 16.7 Å². The van der Waals surface area contributed by atoms with Gasteiger partial charge in [-0.25, -0.2) is 4.79 Å². The summed E-state index contributed by atoms with van der Waals surface area (Å²) in [6.07, 6.45) is 0. The molecule has 3 rings (SSSR count). The normalized spacial score (nSPS) is 17.3. The van der Waals surface area contributed by atoms with E-state index in [-0.39, 0.29) is 6.03 Å². The van der Waals surface area contributed by atoms with Gasteiger partial charge in [0, 0.05) is 10.7 Å². The molecule has 1 aliphatic heterocycles. The number of rotatable bonds is 2. The lowest BCUT2D eigenvalue weighted by Gasteiger charge is -2.27. The van der Waals surface area contributed by atoms with E-state index < -0.39 is 6.04 Å². The first-order valence-corrected chi connectivity index (χ1v) is 7.51. The van der Waals surface area contributed by atoms with Gasteiger partial charge in [-0.3, -0.25) is 0 Å². The van der Waals surface area contributed by atoms with Crippen molar-refractivity contribution in [3.63, 3.8) is 0 Å². The van der Waals surface area contributed by atoms with Crippen molar-refractivity contribution in [3.8, 4) is 17.2 Å². The molecule has 5 heteroatoms. The number of halogens is 1. The van der Waals surface area contributed by atoms with Crippen LogP contribution in [0.3, 0.4) is 0 Å². The predicted octanol–water partition coefficient (Wildman–Crippen LogP) is 4.16. The van der Waals surface area contributed by atoms with Crippen molar-refractivity contribution in [1.82, 2.24) is 10.6 Å². The highest BCUT2D eigenvalue weighted by Crippen LogP contribution is 2.34. The Balaban J connectivity index is 2.14. The van der Waals surface area contributed by atoms with E-state index in [1.54, 1.807) is 6.92 Å². The van der Waals surface area contributed by atoms with Gasteiger partial charge < -0.3 is 10.6 Å². The molecule has 1 heterocycles. The molecule has 114 valence electrons. The second kappa shape index (κ2) is 6.15. The van der Waals surface area contributed by atoms with Crippen LogP contribution in [0.4, 0.5) is 4.79 Å². The number of hydrogen-bond acceptors (Lipinski definition) is 2. The predicted molar refractivity (Wildman–Crippen MR) is 89.6 cm³/mol. The smallest absolute Gasteiger partial charge is 0.319 e. The van der Waals surface area contributed by atoms with Gasteiger partial charge in [0.25, 0.3) is 0 Å². The molecule has 0 bridgehead atoms. The number of allylic oxidation sites excluding steroid dienone is 1. The quantitative estimate of drug-likeness (QED) is 0.871. The number of nitriles is 1. The highest BCUT2D eigenvalue weighted by atomic mass is 35.5. The lowest BCUT2D eigenvalue weighted by Crippen LogP contribution is -2.43. The Hall–Kier alpha value is -2.77. The molecule has 0 fully saturated rings. The SMILES string of the molecule is CC1=C(C#N)C(c2ccccc2-c2ccc(Cl)cc2)NC(=O)N1. The molecular weight excluding hydrogens is 310 g/mol. The summed E-state index contributed by atoms with van der Waals surface area (Å²) in [6.45, 7) is 1.73. The van der Waals surface area contributed by atoms with Crippen LogP contribution >= 0.6 is 11.6 Å². The fourth-order valence-electron chi connectivity index (χ4n) is 2.72. The first-order chi connectivity index (χ1) is 11.1. The summed E-state index contributed by atoms with van der Waals surface area (Å²) in [6, 6.07) is 16.6. The molecule has 4 nitrogen and oxygen atoms in total. The molecule has 0 saturated heterocycles. The van der Waals surface area contributed by atoms with E-state index in [0.29, 0.717) is 16.3 Å². The van der Waals surface area contributed by atoms with Crippen molar-refractivity contribution in [3.05, 3.63) is 70.4 Å². The molecule has 0 radical (unpaired) electrons. The Kier molecular flexibility index (Phi) is 4.05. The fourth-order valence-corrected chi connectivity index (χ4v) is 2.84. The van der Waals surface area contributed by atoms with Crippen molar-refractivity contribution < 1.29 is 4.79 Å². The van der Waals surface area contributed by atoms with Crippen molar-refractivity contribution in [2.75, 3.05) is 0 Å². The van der Waals surface area contributed by atoms with Gasteiger partial charge in [0.2, 0.25) is 0 Å². The van der Waals surface area contributed by atoms with Crippen LogP contribution in [0.25, 0.3) is 11.1 Å². The second-order valence-corrected chi connectivity index (χ2v) is 5.71. The maximum absolute atomic E-state index is 11.8. The largest absolute Gasteiger partial charge is 0.326 e. The van der Waals surface area contributed by atoms with Gasteiger partial charge in [0.1, 0.15) is 0 Å². The lowest BCUT2D eigenvalue weighted by atomic mass is 9.90. The summed E-state index contributed by atoms with van der Waals surface area (Å²) in [5.74, 6) is 0. The van der Waals surface area contributed by atoms with Crippen LogP contribution in [0.1, 0.15) is 18.5 Å². The van der Waals surface area contributed by atoms with Crippen LogP contribution < -0.4 is 10.6 Å². The number of hydrogen-bond donors (Lipinski definition) is 2. The van der Waals surface area contributed by atoms with Gasteiger partial charge in [0.05, 0.1) is 17.7 Å². The van der Waals surface area contributed by atoms with Gasteiger partial charge in [-0.15, -0.1) is 0 Å². The van der Waals surface area contributed by atoms with Gasteiger partial charge in [0.15, 0.2) is 0 Å². The molecule has 0 aliphatic carbocycles. The second-order valence-electron chi connectivity index (χ2n) is 5.28. The zero-order chi connectivity index (χ0) is 16.4. The third kappa shape index (κ3) is 2.92. The number of urea groups is 1. The third-order valence-corrected chi connectivity index (χ3v) is 4.07. The highest BCUT2D eigenvalue weighted by molar-refractivity contribution is 6.30. The van der Waals surface area contributed by atoms with Gasteiger partial charge in [-0.2, -0.15) is 5.26 Å². The number of carbonyl (C=O) groups excluding carboxylic acids is 1. The molecule has 23 heavy (non-hydrogen) atoms. The zero-order valence-electron chi connectivity index (χ0n) is 12.4. The molecule has 0 spiro atoms. The number of nitrogens with one attached hydrogen (secondary N) is 2. The van der Waals surface area contributed by atoms with E-state index in [4.69, 9.17) is 11.6 Å². The van der Waals surface area contributed by atoms with E-state index in [9.17, 15) is 10.1 Å². The highest BCUT2D eigenvalue weighted by Gasteiger charge is 2.28. The maximum atomic E-state index is 11.8. The average molecular weight is 324 g/mol. The Morgan fingerprint density at radius 3 is 2.52 bits per heavy atom. The topological polar surface area (TPSA) is 64.9 Å². The Morgan fingerprint density at radius 1 is 1.13 bits per heavy atom. The summed E-state index contributed by atoms with van der Waals surface area (Å²) in [5, 5.41) is 15.6. The summed E-state index contributed by atoms with van der Waals surface area (Å²) < 4.78 is 0. The van der Waals surface area contributed by atoms with Crippen LogP contribution in [-0.4, -0.2) is 6.03 Å². The standard InChI is InChI=1S/C18H14ClN3O/c1-11-16(10-20)17(22-18(23)21-11)15-5-3-2-4-14(15)12-6-8-13(19)9-7-12/h2-9,17H,1H3,(H2,21,22,23). The van der Waals surface area contributed by atoms with Crippen LogP contribution in [0.15, 0.2) is 59.8 Å². The Labute approximate surface area is 139 Å². The Bertz CT molecular complexity index is 834. The molecule has 1 aliphatic rings. The molecule has 1 atom stereocenters. The van der Waals surface area contributed by atoms with Crippen molar-refractivity contribution in [2.45, 2.75) is 13.0 Å². The van der Waals surface area contributed by atoms with Gasteiger partial charge >= 0.3 is 6.03 Å². The van der Waals surface area contributed by atoms with E-state index >= 15 is 0 Å². The molecule has 2 amide bonds.